The van der Waals surface area contributed by atoms with Crippen molar-refractivity contribution in [1.82, 2.24) is 4.90 Å². The van der Waals surface area contributed by atoms with Crippen molar-refractivity contribution in [2.75, 3.05) is 13.1 Å². The molecule has 1 aliphatic heterocycles. The third kappa shape index (κ3) is 3.14. The van der Waals surface area contributed by atoms with Crippen LogP contribution < -0.4 is 0 Å². The molecule has 0 saturated carbocycles. The van der Waals surface area contributed by atoms with Gasteiger partial charge in [0.1, 0.15) is 11.6 Å². The van der Waals surface area contributed by atoms with Crippen molar-refractivity contribution in [2.24, 2.45) is 5.41 Å². The molecule has 0 aliphatic carbocycles. The van der Waals surface area contributed by atoms with Gasteiger partial charge in [-0.2, -0.15) is 0 Å². The Morgan fingerprint density at radius 3 is 2.70 bits per heavy atom. The van der Waals surface area contributed by atoms with Crippen molar-refractivity contribution in [3.05, 3.63) is 29.6 Å². The lowest BCUT2D eigenvalue weighted by atomic mass is 9.72. The molecule has 6 nitrogen and oxygen atoms in total. The maximum atomic E-state index is 13.8. The Labute approximate surface area is 133 Å². The third-order valence-corrected chi connectivity index (χ3v) is 4.45. The zero-order valence-corrected chi connectivity index (χ0v) is 12.8. The normalized spacial score (nSPS) is 24.5. The SMILES string of the molecule is CCC[C@]1(C(=O)O)CCN(C(=O)c2cc(O)ccc2F)C[C@@H]1O. The Morgan fingerprint density at radius 1 is 1.43 bits per heavy atom. The van der Waals surface area contributed by atoms with Crippen LogP contribution >= 0.6 is 0 Å². The molecule has 0 bridgehead atoms. The highest BCUT2D eigenvalue weighted by atomic mass is 19.1. The number of amides is 1. The standard InChI is InChI=1S/C16H20FNO5/c1-2-5-16(15(22)23)6-7-18(9-13(16)20)14(21)11-8-10(19)3-4-12(11)17/h3-4,8,13,19-20H,2,5-7,9H2,1H3,(H,22,23)/t13-,16-/m0/s1. The van der Waals surface area contributed by atoms with E-state index >= 15 is 0 Å². The highest BCUT2D eigenvalue weighted by Crippen LogP contribution is 2.37. The molecule has 1 amide bonds. The lowest BCUT2D eigenvalue weighted by molar-refractivity contribution is -0.162. The van der Waals surface area contributed by atoms with E-state index in [4.69, 9.17) is 0 Å². The number of rotatable bonds is 4. The second-order valence-corrected chi connectivity index (χ2v) is 5.89. The quantitative estimate of drug-likeness (QED) is 0.781. The predicted molar refractivity (Wildman–Crippen MR) is 79.6 cm³/mol. The molecular weight excluding hydrogens is 305 g/mol. The lowest BCUT2D eigenvalue weighted by Crippen LogP contribution is -2.56. The van der Waals surface area contributed by atoms with E-state index in [-0.39, 0.29) is 30.8 Å². The zero-order chi connectivity index (χ0) is 17.2. The van der Waals surface area contributed by atoms with Crippen molar-refractivity contribution in [3.63, 3.8) is 0 Å². The van der Waals surface area contributed by atoms with E-state index in [9.17, 15) is 29.3 Å². The number of benzene rings is 1. The number of hydrogen-bond donors (Lipinski definition) is 3. The molecule has 1 heterocycles. The summed E-state index contributed by atoms with van der Waals surface area (Å²) in [6.07, 6.45) is -0.216. The number of carbonyl (C=O) groups excluding carboxylic acids is 1. The summed E-state index contributed by atoms with van der Waals surface area (Å²) in [5.74, 6) is -2.76. The monoisotopic (exact) mass is 325 g/mol. The molecule has 3 N–H and O–H groups in total. The number of aromatic hydroxyl groups is 1. The number of phenols is 1. The van der Waals surface area contributed by atoms with Crippen molar-refractivity contribution in [3.8, 4) is 5.75 Å². The molecular formula is C16H20FNO5. The van der Waals surface area contributed by atoms with Gasteiger partial charge in [-0.15, -0.1) is 0 Å². The van der Waals surface area contributed by atoms with Crippen molar-refractivity contribution in [2.45, 2.75) is 32.3 Å². The van der Waals surface area contributed by atoms with Gasteiger partial charge < -0.3 is 20.2 Å². The fraction of sp³-hybridized carbons (Fsp3) is 0.500. The average Bonchev–Trinajstić information content (AvgIpc) is 2.51. The van der Waals surface area contributed by atoms with E-state index in [0.29, 0.717) is 12.8 Å². The van der Waals surface area contributed by atoms with Crippen LogP contribution in [0.1, 0.15) is 36.5 Å². The Morgan fingerprint density at radius 2 is 2.13 bits per heavy atom. The molecule has 7 heteroatoms. The van der Waals surface area contributed by atoms with E-state index in [2.05, 4.69) is 0 Å². The fourth-order valence-electron chi connectivity index (χ4n) is 3.10. The first-order valence-electron chi connectivity index (χ1n) is 7.51. The Balaban J connectivity index is 2.21. The summed E-state index contributed by atoms with van der Waals surface area (Å²) in [7, 11) is 0. The summed E-state index contributed by atoms with van der Waals surface area (Å²) in [5, 5.41) is 29.1. The lowest BCUT2D eigenvalue weighted by Gasteiger charge is -2.42. The highest BCUT2D eigenvalue weighted by Gasteiger charge is 2.48. The second-order valence-electron chi connectivity index (χ2n) is 5.89. The smallest absolute Gasteiger partial charge is 0.312 e. The van der Waals surface area contributed by atoms with Gasteiger partial charge in [-0.05, 0) is 31.0 Å². The molecule has 2 atom stereocenters. The van der Waals surface area contributed by atoms with E-state index in [0.717, 1.165) is 18.2 Å². The molecule has 1 aliphatic rings. The van der Waals surface area contributed by atoms with E-state index in [1.165, 1.54) is 4.90 Å². The molecule has 2 rings (SSSR count). The number of β-amino-alcohol motifs (C(OH)–C–C–N with tert-alkyl or cyclic N) is 1. The molecule has 1 aromatic carbocycles. The number of piperidine rings is 1. The van der Waals surface area contributed by atoms with E-state index < -0.39 is 29.2 Å². The van der Waals surface area contributed by atoms with Gasteiger partial charge in [0, 0.05) is 13.1 Å². The van der Waals surface area contributed by atoms with Crippen LogP contribution in [-0.2, 0) is 4.79 Å². The minimum absolute atomic E-state index is 0.101. The van der Waals surface area contributed by atoms with Crippen LogP contribution in [0.4, 0.5) is 4.39 Å². The number of aliphatic hydroxyl groups excluding tert-OH is 1. The van der Waals surface area contributed by atoms with Crippen LogP contribution in [0.5, 0.6) is 5.75 Å². The molecule has 0 aromatic heterocycles. The summed E-state index contributed by atoms with van der Waals surface area (Å²) in [6.45, 7) is 1.76. The molecule has 0 radical (unpaired) electrons. The predicted octanol–water partition coefficient (Wildman–Crippen LogP) is 1.61. The number of phenolic OH excluding ortho intramolecular Hbond substituents is 1. The van der Waals surface area contributed by atoms with Crippen molar-refractivity contribution in [1.29, 1.82) is 0 Å². The minimum Gasteiger partial charge on any atom is -0.508 e. The Kier molecular flexibility index (Phi) is 4.89. The van der Waals surface area contributed by atoms with Crippen LogP contribution in [-0.4, -0.2) is 51.3 Å². The number of hydrogen-bond acceptors (Lipinski definition) is 4. The van der Waals surface area contributed by atoms with E-state index in [1.807, 2.05) is 6.92 Å². The Bertz CT molecular complexity index is 620. The van der Waals surface area contributed by atoms with E-state index in [1.54, 1.807) is 0 Å². The first kappa shape index (κ1) is 17.2. The van der Waals surface area contributed by atoms with Gasteiger partial charge in [-0.1, -0.05) is 13.3 Å². The number of likely N-dealkylation sites (tertiary alicyclic amines) is 1. The molecule has 126 valence electrons. The number of aliphatic hydroxyl groups is 1. The molecule has 1 saturated heterocycles. The first-order valence-corrected chi connectivity index (χ1v) is 7.51. The molecule has 1 fully saturated rings. The first-order chi connectivity index (χ1) is 10.8. The van der Waals surface area contributed by atoms with Crippen LogP contribution in [0.25, 0.3) is 0 Å². The summed E-state index contributed by atoms with van der Waals surface area (Å²) in [4.78, 5) is 25.2. The number of carbonyl (C=O) groups is 2. The van der Waals surface area contributed by atoms with Crippen molar-refractivity contribution >= 4 is 11.9 Å². The van der Waals surface area contributed by atoms with Crippen LogP contribution in [0.15, 0.2) is 18.2 Å². The highest BCUT2D eigenvalue weighted by molar-refractivity contribution is 5.95. The minimum atomic E-state index is -1.27. The van der Waals surface area contributed by atoms with Crippen LogP contribution in [0.3, 0.4) is 0 Å². The maximum Gasteiger partial charge on any atom is 0.312 e. The van der Waals surface area contributed by atoms with Gasteiger partial charge in [0.25, 0.3) is 5.91 Å². The molecule has 1 aromatic rings. The number of aliphatic carboxylic acids is 1. The average molecular weight is 325 g/mol. The van der Waals surface area contributed by atoms with Gasteiger partial charge in [0.2, 0.25) is 0 Å². The fourth-order valence-corrected chi connectivity index (χ4v) is 3.10. The van der Waals surface area contributed by atoms with Gasteiger partial charge >= 0.3 is 5.97 Å². The van der Waals surface area contributed by atoms with Crippen LogP contribution in [0, 0.1) is 11.2 Å². The summed E-state index contributed by atoms with van der Waals surface area (Å²) in [6, 6.07) is 3.14. The van der Waals surface area contributed by atoms with Crippen molar-refractivity contribution < 1.29 is 29.3 Å². The van der Waals surface area contributed by atoms with Gasteiger partial charge in [-0.25, -0.2) is 4.39 Å². The summed E-state index contributed by atoms with van der Waals surface area (Å²) >= 11 is 0. The number of carboxylic acids is 1. The number of nitrogens with zero attached hydrogens (tertiary/aromatic N) is 1. The largest absolute Gasteiger partial charge is 0.508 e. The number of carboxylic acid groups (broad SMARTS) is 1. The van der Waals surface area contributed by atoms with Gasteiger partial charge in [-0.3, -0.25) is 9.59 Å². The Hall–Kier alpha value is -2.15. The second kappa shape index (κ2) is 6.54. The van der Waals surface area contributed by atoms with Gasteiger partial charge in [0.05, 0.1) is 17.1 Å². The van der Waals surface area contributed by atoms with Gasteiger partial charge in [0.15, 0.2) is 0 Å². The van der Waals surface area contributed by atoms with Crippen LogP contribution in [0.2, 0.25) is 0 Å². The summed E-state index contributed by atoms with van der Waals surface area (Å²) in [5.41, 5.74) is -1.57. The zero-order valence-electron chi connectivity index (χ0n) is 12.8. The molecule has 0 unspecified atom stereocenters. The summed E-state index contributed by atoms with van der Waals surface area (Å²) < 4.78 is 13.8. The number of halogens is 1. The topological polar surface area (TPSA) is 98.1 Å². The maximum absolute atomic E-state index is 13.8. The molecule has 0 spiro atoms. The third-order valence-electron chi connectivity index (χ3n) is 4.45. The molecule has 23 heavy (non-hydrogen) atoms.